The molecule has 2 aromatic heterocycles. The van der Waals surface area contributed by atoms with E-state index >= 15 is 0 Å². The molecule has 4 heteroatoms. The maximum absolute atomic E-state index is 4.24. The summed E-state index contributed by atoms with van der Waals surface area (Å²) in [6.07, 6.45) is 7.05. The molecule has 0 radical (unpaired) electrons. The van der Waals surface area contributed by atoms with Crippen LogP contribution in [0.4, 0.5) is 0 Å². The van der Waals surface area contributed by atoms with Gasteiger partial charge >= 0.3 is 0 Å². The number of hydrogen-bond donors (Lipinski definition) is 1. The Balaban J connectivity index is 2.00. The molecule has 19 heavy (non-hydrogen) atoms. The third-order valence-electron chi connectivity index (χ3n) is 2.99. The SMILES string of the molecule is CCCNC(Cc1ccsc1)Cc1cncc(Br)c1. The molecule has 102 valence electrons. The van der Waals surface area contributed by atoms with Gasteiger partial charge in [0.1, 0.15) is 0 Å². The van der Waals surface area contributed by atoms with Gasteiger partial charge in [0.25, 0.3) is 0 Å². The van der Waals surface area contributed by atoms with Gasteiger partial charge in [-0.05, 0) is 75.8 Å². The lowest BCUT2D eigenvalue weighted by atomic mass is 10.0. The summed E-state index contributed by atoms with van der Waals surface area (Å²) in [5.74, 6) is 0. The van der Waals surface area contributed by atoms with Gasteiger partial charge in [0.2, 0.25) is 0 Å². The quantitative estimate of drug-likeness (QED) is 0.823. The summed E-state index contributed by atoms with van der Waals surface area (Å²) < 4.78 is 1.05. The first-order valence-corrected chi connectivity index (χ1v) is 8.35. The first-order chi connectivity index (χ1) is 9.28. The second kappa shape index (κ2) is 7.78. The van der Waals surface area contributed by atoms with Crippen molar-refractivity contribution < 1.29 is 0 Å². The number of aromatic nitrogens is 1. The van der Waals surface area contributed by atoms with E-state index in [1.807, 2.05) is 12.4 Å². The molecule has 1 atom stereocenters. The molecule has 0 aliphatic carbocycles. The average molecular weight is 339 g/mol. The molecule has 2 aromatic rings. The maximum Gasteiger partial charge on any atom is 0.0410 e. The Morgan fingerprint density at radius 2 is 2.16 bits per heavy atom. The van der Waals surface area contributed by atoms with Crippen molar-refractivity contribution in [3.63, 3.8) is 0 Å². The summed E-state index contributed by atoms with van der Waals surface area (Å²) in [6.45, 7) is 3.27. The Kier molecular flexibility index (Phi) is 6.01. The highest BCUT2D eigenvalue weighted by atomic mass is 79.9. The molecule has 0 saturated carbocycles. The van der Waals surface area contributed by atoms with Crippen molar-refractivity contribution in [1.82, 2.24) is 10.3 Å². The van der Waals surface area contributed by atoms with Crippen LogP contribution in [0.2, 0.25) is 0 Å². The predicted molar refractivity (Wildman–Crippen MR) is 85.7 cm³/mol. The number of halogens is 1. The monoisotopic (exact) mass is 338 g/mol. The van der Waals surface area contributed by atoms with Gasteiger partial charge in [0.05, 0.1) is 0 Å². The summed E-state index contributed by atoms with van der Waals surface area (Å²) in [5, 5.41) is 8.02. The van der Waals surface area contributed by atoms with Gasteiger partial charge in [-0.2, -0.15) is 11.3 Å². The molecule has 2 heterocycles. The van der Waals surface area contributed by atoms with E-state index in [1.54, 1.807) is 11.3 Å². The van der Waals surface area contributed by atoms with Gasteiger partial charge < -0.3 is 5.32 Å². The van der Waals surface area contributed by atoms with E-state index in [0.717, 1.165) is 30.3 Å². The fraction of sp³-hybridized carbons (Fsp3) is 0.400. The van der Waals surface area contributed by atoms with Gasteiger partial charge in [0, 0.05) is 22.9 Å². The molecule has 0 amide bonds. The number of nitrogens with one attached hydrogen (secondary N) is 1. The minimum atomic E-state index is 0.477. The van der Waals surface area contributed by atoms with Crippen LogP contribution in [0, 0.1) is 0 Å². The Morgan fingerprint density at radius 3 is 2.84 bits per heavy atom. The van der Waals surface area contributed by atoms with Crippen molar-refractivity contribution in [3.8, 4) is 0 Å². The number of hydrogen-bond acceptors (Lipinski definition) is 3. The van der Waals surface area contributed by atoms with E-state index in [9.17, 15) is 0 Å². The Bertz CT molecular complexity index is 485. The number of nitrogens with zero attached hydrogens (tertiary/aromatic N) is 1. The van der Waals surface area contributed by atoms with Crippen LogP contribution in [0.3, 0.4) is 0 Å². The van der Waals surface area contributed by atoms with Crippen molar-refractivity contribution in [1.29, 1.82) is 0 Å². The van der Waals surface area contributed by atoms with Crippen molar-refractivity contribution in [2.24, 2.45) is 0 Å². The summed E-state index contributed by atoms with van der Waals surface area (Å²) in [7, 11) is 0. The first-order valence-electron chi connectivity index (χ1n) is 6.62. The molecular formula is C15H19BrN2S. The standard InChI is InChI=1S/C15H19BrN2S/c1-2-4-18-15(7-12-3-5-19-11-12)8-13-6-14(16)10-17-9-13/h3,5-6,9-11,15,18H,2,4,7-8H2,1H3. The summed E-state index contributed by atoms with van der Waals surface area (Å²) in [4.78, 5) is 4.24. The van der Waals surface area contributed by atoms with E-state index in [4.69, 9.17) is 0 Å². The molecule has 0 bridgehead atoms. The minimum absolute atomic E-state index is 0.477. The van der Waals surface area contributed by atoms with E-state index in [-0.39, 0.29) is 0 Å². The van der Waals surface area contributed by atoms with Crippen molar-refractivity contribution >= 4 is 27.3 Å². The highest BCUT2D eigenvalue weighted by Gasteiger charge is 2.10. The van der Waals surface area contributed by atoms with Gasteiger partial charge in [-0.1, -0.05) is 6.92 Å². The number of thiophene rings is 1. The summed E-state index contributed by atoms with van der Waals surface area (Å²) >= 11 is 5.25. The number of rotatable bonds is 7. The van der Waals surface area contributed by atoms with Crippen LogP contribution in [0.25, 0.3) is 0 Å². The summed E-state index contributed by atoms with van der Waals surface area (Å²) in [6, 6.07) is 4.84. The lowest BCUT2D eigenvalue weighted by Crippen LogP contribution is -2.33. The van der Waals surface area contributed by atoms with Crippen LogP contribution in [-0.2, 0) is 12.8 Å². The average Bonchev–Trinajstić information content (AvgIpc) is 2.89. The van der Waals surface area contributed by atoms with E-state index in [1.165, 1.54) is 11.1 Å². The van der Waals surface area contributed by atoms with E-state index < -0.39 is 0 Å². The van der Waals surface area contributed by atoms with Crippen LogP contribution in [0.15, 0.2) is 39.8 Å². The maximum atomic E-state index is 4.24. The van der Waals surface area contributed by atoms with Crippen LogP contribution in [0.5, 0.6) is 0 Å². The fourth-order valence-electron chi connectivity index (χ4n) is 2.11. The second-order valence-electron chi connectivity index (χ2n) is 4.70. The first kappa shape index (κ1) is 14.7. The Labute approximate surface area is 127 Å². The zero-order chi connectivity index (χ0) is 13.5. The van der Waals surface area contributed by atoms with E-state index in [2.05, 4.69) is 56.0 Å². The smallest absolute Gasteiger partial charge is 0.0410 e. The van der Waals surface area contributed by atoms with Crippen LogP contribution in [-0.4, -0.2) is 17.6 Å². The Hall–Kier alpha value is -0.710. The molecule has 0 aliphatic rings. The predicted octanol–water partition coefficient (Wildman–Crippen LogP) is 4.06. The molecule has 0 aliphatic heterocycles. The van der Waals surface area contributed by atoms with Crippen LogP contribution >= 0.6 is 27.3 Å². The van der Waals surface area contributed by atoms with Crippen molar-refractivity contribution in [3.05, 3.63) is 50.9 Å². The summed E-state index contributed by atoms with van der Waals surface area (Å²) in [5.41, 5.74) is 2.69. The topological polar surface area (TPSA) is 24.9 Å². The van der Waals surface area contributed by atoms with Crippen LogP contribution < -0.4 is 5.32 Å². The van der Waals surface area contributed by atoms with E-state index in [0.29, 0.717) is 6.04 Å². The van der Waals surface area contributed by atoms with Crippen LogP contribution in [0.1, 0.15) is 24.5 Å². The lowest BCUT2D eigenvalue weighted by molar-refractivity contribution is 0.504. The zero-order valence-corrected chi connectivity index (χ0v) is 13.5. The third-order valence-corrected chi connectivity index (χ3v) is 4.15. The fourth-order valence-corrected chi connectivity index (χ4v) is 3.20. The van der Waals surface area contributed by atoms with Crippen molar-refractivity contribution in [2.45, 2.75) is 32.2 Å². The molecule has 1 unspecified atom stereocenters. The zero-order valence-electron chi connectivity index (χ0n) is 11.1. The highest BCUT2D eigenvalue weighted by molar-refractivity contribution is 9.10. The lowest BCUT2D eigenvalue weighted by Gasteiger charge is -2.18. The van der Waals surface area contributed by atoms with Gasteiger partial charge in [-0.3, -0.25) is 4.98 Å². The van der Waals surface area contributed by atoms with Gasteiger partial charge in [-0.25, -0.2) is 0 Å². The molecule has 2 nitrogen and oxygen atoms in total. The molecule has 0 aromatic carbocycles. The molecular weight excluding hydrogens is 320 g/mol. The second-order valence-corrected chi connectivity index (χ2v) is 6.40. The minimum Gasteiger partial charge on any atom is -0.313 e. The van der Waals surface area contributed by atoms with Gasteiger partial charge in [0.15, 0.2) is 0 Å². The highest BCUT2D eigenvalue weighted by Crippen LogP contribution is 2.14. The third kappa shape index (κ3) is 5.05. The molecule has 0 saturated heterocycles. The van der Waals surface area contributed by atoms with Crippen molar-refractivity contribution in [2.75, 3.05) is 6.54 Å². The molecule has 1 N–H and O–H groups in total. The molecule has 0 spiro atoms. The number of pyridine rings is 1. The van der Waals surface area contributed by atoms with Gasteiger partial charge in [-0.15, -0.1) is 0 Å². The Morgan fingerprint density at radius 1 is 1.32 bits per heavy atom. The largest absolute Gasteiger partial charge is 0.313 e. The normalized spacial score (nSPS) is 12.5. The molecule has 0 fully saturated rings. The molecule has 2 rings (SSSR count).